The Bertz CT molecular complexity index is 452. The summed E-state index contributed by atoms with van der Waals surface area (Å²) in [6.07, 6.45) is 0. The molecule has 0 fully saturated rings. The lowest BCUT2D eigenvalue weighted by atomic mass is 9.87. The summed E-state index contributed by atoms with van der Waals surface area (Å²) in [5.74, 6) is -0.162. The average Bonchev–Trinajstić information content (AvgIpc) is 2.25. The highest BCUT2D eigenvalue weighted by Gasteiger charge is 2.28. The molecule has 1 N–H and O–H groups in total. The quantitative estimate of drug-likeness (QED) is 0.905. The van der Waals surface area contributed by atoms with Crippen LogP contribution in [0.5, 0.6) is 5.75 Å². The van der Waals surface area contributed by atoms with Gasteiger partial charge in [-0.1, -0.05) is 36.7 Å². The predicted molar refractivity (Wildman–Crippen MR) is 76.8 cm³/mol. The molecule has 100 valence electrons. The zero-order chi connectivity index (χ0) is 14.1. The third-order valence-corrected chi connectivity index (χ3v) is 3.84. The van der Waals surface area contributed by atoms with Gasteiger partial charge in [-0.25, -0.2) is 0 Å². The molecule has 18 heavy (non-hydrogen) atoms. The highest BCUT2D eigenvalue weighted by atomic mass is 79.9. The van der Waals surface area contributed by atoms with E-state index in [1.807, 2.05) is 6.92 Å². The van der Waals surface area contributed by atoms with Crippen LogP contribution in [0.4, 0.5) is 0 Å². The standard InChI is InChI=1S/C14H20BrNO2/c1-9(14(2,3)4)16(5)13(18)11-7-6-10(15)8-12(11)17/h6-9,17H,1-5H3. The van der Waals surface area contributed by atoms with Gasteiger partial charge >= 0.3 is 0 Å². The third kappa shape index (κ3) is 3.25. The lowest BCUT2D eigenvalue weighted by Crippen LogP contribution is -2.42. The van der Waals surface area contributed by atoms with Gasteiger partial charge in [-0.15, -0.1) is 0 Å². The van der Waals surface area contributed by atoms with Crippen LogP contribution < -0.4 is 0 Å². The van der Waals surface area contributed by atoms with E-state index in [-0.39, 0.29) is 23.1 Å². The monoisotopic (exact) mass is 313 g/mol. The summed E-state index contributed by atoms with van der Waals surface area (Å²) in [6.45, 7) is 8.27. The largest absolute Gasteiger partial charge is 0.507 e. The average molecular weight is 314 g/mol. The van der Waals surface area contributed by atoms with E-state index in [2.05, 4.69) is 36.7 Å². The smallest absolute Gasteiger partial charge is 0.257 e. The summed E-state index contributed by atoms with van der Waals surface area (Å²) in [6, 6.07) is 4.99. The van der Waals surface area contributed by atoms with Crippen LogP contribution in [0.3, 0.4) is 0 Å². The van der Waals surface area contributed by atoms with Crippen LogP contribution in [-0.4, -0.2) is 29.0 Å². The van der Waals surface area contributed by atoms with Crippen LogP contribution in [0.25, 0.3) is 0 Å². The number of amides is 1. The first-order chi connectivity index (χ1) is 8.14. The molecule has 0 aliphatic rings. The van der Waals surface area contributed by atoms with Crippen LogP contribution in [0.2, 0.25) is 0 Å². The number of benzene rings is 1. The van der Waals surface area contributed by atoms with Crippen molar-refractivity contribution in [3.8, 4) is 5.75 Å². The molecule has 0 bridgehead atoms. The lowest BCUT2D eigenvalue weighted by Gasteiger charge is -2.35. The molecule has 1 aromatic rings. The van der Waals surface area contributed by atoms with Gasteiger partial charge < -0.3 is 10.0 Å². The Morgan fingerprint density at radius 3 is 2.39 bits per heavy atom. The van der Waals surface area contributed by atoms with E-state index in [9.17, 15) is 9.90 Å². The maximum Gasteiger partial charge on any atom is 0.257 e. The van der Waals surface area contributed by atoms with Crippen LogP contribution in [-0.2, 0) is 0 Å². The van der Waals surface area contributed by atoms with Crippen molar-refractivity contribution < 1.29 is 9.90 Å². The van der Waals surface area contributed by atoms with Gasteiger partial charge in [0.1, 0.15) is 5.75 Å². The van der Waals surface area contributed by atoms with E-state index in [0.29, 0.717) is 5.56 Å². The molecular formula is C14H20BrNO2. The van der Waals surface area contributed by atoms with Gasteiger partial charge in [0.05, 0.1) is 5.56 Å². The van der Waals surface area contributed by atoms with E-state index < -0.39 is 0 Å². The zero-order valence-electron chi connectivity index (χ0n) is 11.5. The van der Waals surface area contributed by atoms with E-state index in [0.717, 1.165) is 4.47 Å². The summed E-state index contributed by atoms with van der Waals surface area (Å²) in [4.78, 5) is 14.0. The Kier molecular flexibility index (Phi) is 4.43. The Morgan fingerprint density at radius 2 is 1.94 bits per heavy atom. The maximum atomic E-state index is 12.3. The summed E-state index contributed by atoms with van der Waals surface area (Å²) >= 11 is 3.26. The molecule has 1 aromatic carbocycles. The molecule has 0 spiro atoms. The number of rotatable bonds is 2. The molecule has 1 atom stereocenters. The highest BCUT2D eigenvalue weighted by Crippen LogP contribution is 2.27. The maximum absolute atomic E-state index is 12.3. The second kappa shape index (κ2) is 5.31. The Morgan fingerprint density at radius 1 is 1.39 bits per heavy atom. The summed E-state index contributed by atoms with van der Waals surface area (Å²) in [5.41, 5.74) is 0.326. The van der Waals surface area contributed by atoms with Crippen molar-refractivity contribution in [1.82, 2.24) is 4.90 Å². The number of carbonyl (C=O) groups is 1. The Labute approximate surface area is 117 Å². The van der Waals surface area contributed by atoms with Crippen LogP contribution >= 0.6 is 15.9 Å². The first-order valence-electron chi connectivity index (χ1n) is 5.90. The number of carbonyl (C=O) groups excluding carboxylic acids is 1. The minimum atomic E-state index is -0.164. The van der Waals surface area contributed by atoms with E-state index in [1.54, 1.807) is 24.1 Å². The number of aromatic hydroxyl groups is 1. The van der Waals surface area contributed by atoms with Crippen LogP contribution in [0.1, 0.15) is 38.1 Å². The van der Waals surface area contributed by atoms with Crippen molar-refractivity contribution in [2.45, 2.75) is 33.7 Å². The minimum absolute atomic E-state index is 0.00216. The minimum Gasteiger partial charge on any atom is -0.507 e. The number of nitrogens with zero attached hydrogens (tertiary/aromatic N) is 1. The van der Waals surface area contributed by atoms with Crippen molar-refractivity contribution in [1.29, 1.82) is 0 Å². The molecular weight excluding hydrogens is 294 g/mol. The molecule has 0 radical (unpaired) electrons. The van der Waals surface area contributed by atoms with Gasteiger partial charge in [0.15, 0.2) is 0 Å². The molecule has 0 aromatic heterocycles. The second-order valence-electron chi connectivity index (χ2n) is 5.62. The summed E-state index contributed by atoms with van der Waals surface area (Å²) in [7, 11) is 1.76. The molecule has 0 saturated heterocycles. The lowest BCUT2D eigenvalue weighted by molar-refractivity contribution is 0.0626. The van der Waals surface area contributed by atoms with Crippen molar-refractivity contribution in [2.24, 2.45) is 5.41 Å². The summed E-state index contributed by atoms with van der Waals surface area (Å²) < 4.78 is 0.753. The molecule has 4 heteroatoms. The molecule has 0 saturated carbocycles. The predicted octanol–water partition coefficient (Wildman–Crippen LogP) is 3.66. The number of phenols is 1. The van der Waals surface area contributed by atoms with E-state index >= 15 is 0 Å². The molecule has 3 nitrogen and oxygen atoms in total. The van der Waals surface area contributed by atoms with Crippen molar-refractivity contribution in [3.05, 3.63) is 28.2 Å². The second-order valence-corrected chi connectivity index (χ2v) is 6.54. The number of halogens is 1. The van der Waals surface area contributed by atoms with E-state index in [4.69, 9.17) is 0 Å². The number of hydrogen-bond acceptors (Lipinski definition) is 2. The third-order valence-electron chi connectivity index (χ3n) is 3.34. The van der Waals surface area contributed by atoms with Crippen molar-refractivity contribution in [3.63, 3.8) is 0 Å². The number of hydrogen-bond donors (Lipinski definition) is 1. The fraction of sp³-hybridized carbons (Fsp3) is 0.500. The molecule has 0 heterocycles. The fourth-order valence-electron chi connectivity index (χ4n) is 1.63. The van der Waals surface area contributed by atoms with Crippen LogP contribution in [0, 0.1) is 5.41 Å². The van der Waals surface area contributed by atoms with E-state index in [1.165, 1.54) is 6.07 Å². The number of phenolic OH excluding ortho intramolecular Hbond substituents is 1. The van der Waals surface area contributed by atoms with Crippen molar-refractivity contribution in [2.75, 3.05) is 7.05 Å². The normalized spacial score (nSPS) is 13.2. The van der Waals surface area contributed by atoms with Gasteiger partial charge in [-0.3, -0.25) is 4.79 Å². The van der Waals surface area contributed by atoms with Gasteiger partial charge in [-0.2, -0.15) is 0 Å². The molecule has 1 amide bonds. The first-order valence-corrected chi connectivity index (χ1v) is 6.69. The SMILES string of the molecule is CC(N(C)C(=O)c1ccc(Br)cc1O)C(C)(C)C. The summed E-state index contributed by atoms with van der Waals surface area (Å²) in [5, 5.41) is 9.82. The van der Waals surface area contributed by atoms with Gasteiger partial charge in [0, 0.05) is 17.6 Å². The Hall–Kier alpha value is -1.03. The molecule has 0 aliphatic carbocycles. The molecule has 0 aliphatic heterocycles. The first kappa shape index (κ1) is 15.0. The molecule has 1 unspecified atom stereocenters. The Balaban J connectivity index is 3.00. The van der Waals surface area contributed by atoms with Crippen molar-refractivity contribution >= 4 is 21.8 Å². The van der Waals surface area contributed by atoms with Gasteiger partial charge in [0.2, 0.25) is 0 Å². The van der Waals surface area contributed by atoms with Crippen LogP contribution in [0.15, 0.2) is 22.7 Å². The zero-order valence-corrected chi connectivity index (χ0v) is 13.1. The topological polar surface area (TPSA) is 40.5 Å². The van der Waals surface area contributed by atoms with Gasteiger partial charge in [0.25, 0.3) is 5.91 Å². The van der Waals surface area contributed by atoms with Gasteiger partial charge in [-0.05, 0) is 30.5 Å². The molecule has 1 rings (SSSR count). The fourth-order valence-corrected chi connectivity index (χ4v) is 1.98. The highest BCUT2D eigenvalue weighted by molar-refractivity contribution is 9.10.